The van der Waals surface area contributed by atoms with E-state index in [1.807, 2.05) is 0 Å². The fraction of sp³-hybridized carbons (Fsp3) is 0.118. The Labute approximate surface area is 169 Å². The summed E-state index contributed by atoms with van der Waals surface area (Å²) < 4.78 is 68.7. The minimum Gasteiger partial charge on any atom is -0.435 e. The van der Waals surface area contributed by atoms with Crippen LogP contribution in [0.3, 0.4) is 0 Å². The number of hydrogen-bond acceptors (Lipinski definition) is 8. The van der Waals surface area contributed by atoms with E-state index in [0.717, 1.165) is 23.6 Å². The summed E-state index contributed by atoms with van der Waals surface area (Å²) >= 11 is 0.899. The van der Waals surface area contributed by atoms with Gasteiger partial charge in [-0.1, -0.05) is 11.3 Å². The van der Waals surface area contributed by atoms with Crippen LogP contribution in [0, 0.1) is 0 Å². The number of pyridine rings is 1. The number of anilines is 3. The van der Waals surface area contributed by atoms with E-state index in [0.29, 0.717) is 0 Å². The number of benzene rings is 1. The van der Waals surface area contributed by atoms with Crippen molar-refractivity contribution in [3.05, 3.63) is 53.0 Å². The Morgan fingerprint density at radius 2 is 1.83 bits per heavy atom. The van der Waals surface area contributed by atoms with Gasteiger partial charge >= 0.3 is 13.0 Å². The van der Waals surface area contributed by atoms with Crippen molar-refractivity contribution in [2.45, 2.75) is 13.0 Å². The van der Waals surface area contributed by atoms with Crippen LogP contribution in [0.15, 0.2) is 42.6 Å². The summed E-state index contributed by atoms with van der Waals surface area (Å²) in [7, 11) is 0. The molecule has 30 heavy (non-hydrogen) atoms. The normalized spacial score (nSPS) is 11.4. The molecule has 0 fully saturated rings. The number of alkyl halides is 5. The molecule has 13 heteroatoms. The molecule has 3 N–H and O–H groups in total. The third kappa shape index (κ3) is 5.53. The molecular weight excluding hydrogens is 435 g/mol. The van der Waals surface area contributed by atoms with Gasteiger partial charge in [-0.2, -0.15) is 8.78 Å². The molecule has 0 amide bonds. The Balaban J connectivity index is 1.71. The number of ether oxygens (including phenoxy) is 2. The SMILES string of the molecule is Nc1nc(Nc2ccc(OC(F)(F)F)nc2)sc1C(=O)c1ccc(OC(F)F)cc1. The molecule has 0 saturated heterocycles. The van der Waals surface area contributed by atoms with Gasteiger partial charge in [-0.25, -0.2) is 9.97 Å². The standard InChI is InChI=1S/C17H11F5N4O3S/c18-15(19)28-10-4-1-8(2-5-10)12(27)13-14(23)26-16(30-13)25-9-3-6-11(24-7-9)29-17(20,21)22/h1-7,15H,23H2,(H,25,26). The molecule has 0 unspecified atom stereocenters. The van der Waals surface area contributed by atoms with Gasteiger partial charge in [0.2, 0.25) is 11.7 Å². The molecule has 0 saturated carbocycles. The molecule has 7 nitrogen and oxygen atoms in total. The molecule has 0 spiro atoms. The summed E-state index contributed by atoms with van der Waals surface area (Å²) in [5, 5.41) is 2.96. The number of aromatic nitrogens is 2. The van der Waals surface area contributed by atoms with Crippen molar-refractivity contribution in [2.24, 2.45) is 0 Å². The first-order valence-corrected chi connectivity index (χ1v) is 8.77. The zero-order chi connectivity index (χ0) is 21.9. The van der Waals surface area contributed by atoms with Gasteiger partial charge in [0.1, 0.15) is 16.4 Å². The number of nitrogens with two attached hydrogens (primary N) is 1. The highest BCUT2D eigenvalue weighted by molar-refractivity contribution is 7.18. The predicted octanol–water partition coefficient (Wildman–Crippen LogP) is 4.59. The van der Waals surface area contributed by atoms with E-state index in [1.165, 1.54) is 30.3 Å². The van der Waals surface area contributed by atoms with Gasteiger partial charge in [0.05, 0.1) is 11.9 Å². The van der Waals surface area contributed by atoms with Crippen molar-refractivity contribution in [3.63, 3.8) is 0 Å². The first-order valence-electron chi connectivity index (χ1n) is 7.95. The van der Waals surface area contributed by atoms with Crippen LogP contribution in [0.1, 0.15) is 15.2 Å². The number of nitrogen functional groups attached to an aromatic ring is 1. The highest BCUT2D eigenvalue weighted by Gasteiger charge is 2.31. The minimum atomic E-state index is -4.86. The van der Waals surface area contributed by atoms with Gasteiger partial charge < -0.3 is 20.5 Å². The van der Waals surface area contributed by atoms with Crippen molar-refractivity contribution in [2.75, 3.05) is 11.1 Å². The molecule has 158 valence electrons. The maximum Gasteiger partial charge on any atom is 0.574 e. The fourth-order valence-corrected chi connectivity index (χ4v) is 3.09. The van der Waals surface area contributed by atoms with E-state index in [2.05, 4.69) is 24.8 Å². The third-order valence-corrected chi connectivity index (χ3v) is 4.39. The number of nitrogens with one attached hydrogen (secondary N) is 1. The fourth-order valence-electron chi connectivity index (χ4n) is 2.22. The van der Waals surface area contributed by atoms with Gasteiger partial charge in [0.25, 0.3) is 0 Å². The molecule has 3 rings (SSSR count). The lowest BCUT2D eigenvalue weighted by molar-refractivity contribution is -0.276. The van der Waals surface area contributed by atoms with Crippen LogP contribution in [0.2, 0.25) is 0 Å². The average Bonchev–Trinajstić information content (AvgIpc) is 3.02. The number of ketones is 1. The van der Waals surface area contributed by atoms with Crippen molar-refractivity contribution < 1.29 is 36.2 Å². The Morgan fingerprint density at radius 1 is 1.13 bits per heavy atom. The quantitative estimate of drug-likeness (QED) is 0.404. The van der Waals surface area contributed by atoms with Crippen LogP contribution in [0.4, 0.5) is 38.6 Å². The zero-order valence-electron chi connectivity index (χ0n) is 14.6. The molecule has 0 aliphatic carbocycles. The van der Waals surface area contributed by atoms with Crippen LogP contribution in [-0.4, -0.2) is 28.7 Å². The lowest BCUT2D eigenvalue weighted by Gasteiger charge is -2.08. The number of hydrogen-bond donors (Lipinski definition) is 2. The number of halogens is 5. The van der Waals surface area contributed by atoms with Crippen LogP contribution < -0.4 is 20.5 Å². The number of nitrogens with zero attached hydrogens (tertiary/aromatic N) is 2. The summed E-state index contributed by atoms with van der Waals surface area (Å²) in [6, 6.07) is 7.31. The van der Waals surface area contributed by atoms with E-state index >= 15 is 0 Å². The van der Waals surface area contributed by atoms with Crippen molar-refractivity contribution in [1.82, 2.24) is 9.97 Å². The summed E-state index contributed by atoms with van der Waals surface area (Å²) in [6.45, 7) is -2.99. The molecule has 0 atom stereocenters. The van der Waals surface area contributed by atoms with E-state index in [9.17, 15) is 26.7 Å². The second-order valence-electron chi connectivity index (χ2n) is 5.52. The van der Waals surface area contributed by atoms with Crippen molar-refractivity contribution in [3.8, 4) is 11.6 Å². The highest BCUT2D eigenvalue weighted by atomic mass is 32.1. The first-order chi connectivity index (χ1) is 14.1. The number of carbonyl (C=O) groups is 1. The van der Waals surface area contributed by atoms with Crippen LogP contribution in [-0.2, 0) is 0 Å². The Hall–Kier alpha value is -3.48. The number of rotatable bonds is 7. The van der Waals surface area contributed by atoms with Gasteiger partial charge in [0.15, 0.2) is 5.13 Å². The molecule has 0 radical (unpaired) electrons. The smallest absolute Gasteiger partial charge is 0.435 e. The Morgan fingerprint density at radius 3 is 2.40 bits per heavy atom. The molecule has 0 bridgehead atoms. The first kappa shape index (κ1) is 21.2. The summed E-state index contributed by atoms with van der Waals surface area (Å²) in [5.74, 6) is -1.31. The summed E-state index contributed by atoms with van der Waals surface area (Å²) in [4.78, 5) is 20.2. The summed E-state index contributed by atoms with van der Waals surface area (Å²) in [6.07, 6.45) is -3.77. The summed E-state index contributed by atoms with van der Waals surface area (Å²) in [5.41, 5.74) is 6.23. The number of thiazole rings is 1. The zero-order valence-corrected chi connectivity index (χ0v) is 15.4. The van der Waals surface area contributed by atoms with Crippen LogP contribution >= 0.6 is 11.3 Å². The molecule has 0 aliphatic rings. The predicted molar refractivity (Wildman–Crippen MR) is 97.2 cm³/mol. The van der Waals surface area contributed by atoms with Crippen molar-refractivity contribution in [1.29, 1.82) is 0 Å². The topological polar surface area (TPSA) is 99.4 Å². The lowest BCUT2D eigenvalue weighted by Crippen LogP contribution is -2.17. The minimum absolute atomic E-state index is 0.0783. The monoisotopic (exact) mass is 446 g/mol. The van der Waals surface area contributed by atoms with E-state index in [4.69, 9.17) is 5.73 Å². The Bertz CT molecular complexity index is 1020. The largest absolute Gasteiger partial charge is 0.574 e. The molecule has 3 aromatic rings. The Kier molecular flexibility index (Phi) is 6.01. The van der Waals surface area contributed by atoms with Gasteiger partial charge in [-0.05, 0) is 30.3 Å². The van der Waals surface area contributed by atoms with E-state index < -0.39 is 24.6 Å². The second kappa shape index (κ2) is 8.49. The molecule has 2 aromatic heterocycles. The second-order valence-corrected chi connectivity index (χ2v) is 6.52. The highest BCUT2D eigenvalue weighted by Crippen LogP contribution is 2.30. The van der Waals surface area contributed by atoms with Crippen LogP contribution in [0.25, 0.3) is 0 Å². The van der Waals surface area contributed by atoms with E-state index in [1.54, 1.807) is 0 Å². The van der Waals surface area contributed by atoms with Crippen molar-refractivity contribution >= 4 is 33.8 Å². The third-order valence-electron chi connectivity index (χ3n) is 3.41. The van der Waals surface area contributed by atoms with Gasteiger partial charge in [0, 0.05) is 11.6 Å². The average molecular weight is 446 g/mol. The maximum atomic E-state index is 12.6. The van der Waals surface area contributed by atoms with E-state index in [-0.39, 0.29) is 32.8 Å². The molecular formula is C17H11F5N4O3S. The molecule has 0 aliphatic heterocycles. The lowest BCUT2D eigenvalue weighted by atomic mass is 10.1. The number of carbonyl (C=O) groups excluding carboxylic acids is 1. The maximum absolute atomic E-state index is 12.6. The van der Waals surface area contributed by atoms with Crippen LogP contribution in [0.5, 0.6) is 11.6 Å². The molecule has 1 aromatic carbocycles. The molecule has 2 heterocycles. The van der Waals surface area contributed by atoms with Gasteiger partial charge in [-0.3, -0.25) is 4.79 Å². The van der Waals surface area contributed by atoms with Gasteiger partial charge in [-0.15, -0.1) is 13.2 Å².